The molecular formula is C19H21F2N3O. The molecule has 0 heterocycles. The number of aliphatic imine (C=N–C) groups is 1. The number of nitrogens with zero attached hydrogens (tertiary/aromatic N) is 1. The lowest BCUT2D eigenvalue weighted by atomic mass is 10.1. The summed E-state index contributed by atoms with van der Waals surface area (Å²) in [7, 11) is 0. The van der Waals surface area contributed by atoms with Gasteiger partial charge in [0.05, 0.1) is 0 Å². The Bertz CT molecular complexity index is 762. The topological polar surface area (TPSA) is 59.6 Å². The van der Waals surface area contributed by atoms with Gasteiger partial charge in [0.2, 0.25) is 0 Å². The Labute approximate surface area is 145 Å². The van der Waals surface area contributed by atoms with E-state index in [4.69, 9.17) is 5.73 Å². The van der Waals surface area contributed by atoms with Gasteiger partial charge in [-0.15, -0.1) is 0 Å². The lowest BCUT2D eigenvalue weighted by Crippen LogP contribution is -2.23. The van der Waals surface area contributed by atoms with Crippen molar-refractivity contribution in [3.63, 3.8) is 0 Å². The van der Waals surface area contributed by atoms with Crippen molar-refractivity contribution in [2.45, 2.75) is 32.3 Å². The van der Waals surface area contributed by atoms with Crippen LogP contribution in [-0.2, 0) is 19.3 Å². The second kappa shape index (κ2) is 7.96. The molecule has 3 rings (SSSR count). The van der Waals surface area contributed by atoms with Crippen molar-refractivity contribution in [3.8, 4) is 5.75 Å². The van der Waals surface area contributed by atoms with Crippen LogP contribution in [0.25, 0.3) is 0 Å². The number of fused-ring (bicyclic) bond motifs is 1. The maximum Gasteiger partial charge on any atom is 0.387 e. The molecule has 0 bridgehead atoms. The maximum atomic E-state index is 12.4. The van der Waals surface area contributed by atoms with E-state index in [0.29, 0.717) is 24.5 Å². The minimum Gasteiger partial charge on any atom is -0.435 e. The summed E-state index contributed by atoms with van der Waals surface area (Å²) in [6.45, 7) is -2.45. The van der Waals surface area contributed by atoms with Crippen molar-refractivity contribution in [2.24, 2.45) is 10.7 Å². The molecule has 6 heteroatoms. The standard InChI is InChI=1S/C19H21F2N3O/c20-18(21)25-17-7-2-1-4-14(17)10-11-23-19(22)24-16-9-8-13-5-3-6-15(13)12-16/h1-2,4,7-9,12,18H,3,5-6,10-11H2,(H3,22,23,24). The summed E-state index contributed by atoms with van der Waals surface area (Å²) in [5.41, 5.74) is 10.3. The van der Waals surface area contributed by atoms with Gasteiger partial charge in [0.1, 0.15) is 5.75 Å². The predicted octanol–water partition coefficient (Wildman–Crippen LogP) is 3.75. The van der Waals surface area contributed by atoms with Crippen molar-refractivity contribution in [1.29, 1.82) is 0 Å². The molecule has 0 aliphatic heterocycles. The summed E-state index contributed by atoms with van der Waals surface area (Å²) < 4.78 is 29.3. The molecule has 3 N–H and O–H groups in total. The lowest BCUT2D eigenvalue weighted by Gasteiger charge is -2.10. The molecule has 0 saturated heterocycles. The van der Waals surface area contributed by atoms with Gasteiger partial charge in [0.25, 0.3) is 0 Å². The van der Waals surface area contributed by atoms with E-state index in [1.54, 1.807) is 18.2 Å². The Morgan fingerprint density at radius 2 is 1.96 bits per heavy atom. The lowest BCUT2D eigenvalue weighted by molar-refractivity contribution is -0.0504. The van der Waals surface area contributed by atoms with Crippen LogP contribution in [0.15, 0.2) is 47.5 Å². The van der Waals surface area contributed by atoms with Gasteiger partial charge in [-0.3, -0.25) is 4.99 Å². The summed E-state index contributed by atoms with van der Waals surface area (Å²) >= 11 is 0. The molecule has 2 aromatic carbocycles. The maximum absolute atomic E-state index is 12.4. The summed E-state index contributed by atoms with van der Waals surface area (Å²) in [5.74, 6) is 0.489. The molecule has 4 nitrogen and oxygen atoms in total. The van der Waals surface area contributed by atoms with Gasteiger partial charge in [-0.1, -0.05) is 24.3 Å². The third-order valence-corrected chi connectivity index (χ3v) is 4.22. The average molecular weight is 345 g/mol. The number of anilines is 1. The van der Waals surface area contributed by atoms with Crippen LogP contribution in [0.2, 0.25) is 0 Å². The third-order valence-electron chi connectivity index (χ3n) is 4.22. The van der Waals surface area contributed by atoms with E-state index in [2.05, 4.69) is 27.2 Å². The second-order valence-electron chi connectivity index (χ2n) is 5.97. The van der Waals surface area contributed by atoms with Gasteiger partial charge in [-0.05, 0) is 60.6 Å². The number of nitrogens with one attached hydrogen (secondary N) is 1. The molecule has 132 valence electrons. The minimum absolute atomic E-state index is 0.179. The first-order valence-corrected chi connectivity index (χ1v) is 8.33. The van der Waals surface area contributed by atoms with Crippen molar-refractivity contribution in [3.05, 3.63) is 59.2 Å². The van der Waals surface area contributed by atoms with Crippen LogP contribution >= 0.6 is 0 Å². The molecule has 0 spiro atoms. The normalized spacial score (nSPS) is 13.8. The monoisotopic (exact) mass is 345 g/mol. The van der Waals surface area contributed by atoms with Crippen LogP contribution in [0.5, 0.6) is 5.75 Å². The molecular weight excluding hydrogens is 324 g/mol. The summed E-state index contributed by atoms with van der Waals surface area (Å²) in [6, 6.07) is 12.9. The fraction of sp³-hybridized carbons (Fsp3) is 0.316. The molecule has 0 atom stereocenters. The molecule has 0 fully saturated rings. The van der Waals surface area contributed by atoms with E-state index >= 15 is 0 Å². The van der Waals surface area contributed by atoms with E-state index in [1.807, 2.05) is 6.07 Å². The highest BCUT2D eigenvalue weighted by Crippen LogP contribution is 2.25. The highest BCUT2D eigenvalue weighted by atomic mass is 19.3. The zero-order valence-corrected chi connectivity index (χ0v) is 13.8. The van der Waals surface area contributed by atoms with Gasteiger partial charge >= 0.3 is 6.61 Å². The average Bonchev–Trinajstić information content (AvgIpc) is 3.03. The van der Waals surface area contributed by atoms with Gasteiger partial charge < -0.3 is 15.8 Å². The van der Waals surface area contributed by atoms with Gasteiger partial charge in [-0.25, -0.2) is 0 Å². The van der Waals surface area contributed by atoms with Crippen LogP contribution in [0.3, 0.4) is 0 Å². The SMILES string of the molecule is NC(=NCCc1ccccc1OC(F)F)Nc1ccc2c(c1)CCC2. The molecule has 0 saturated carbocycles. The quantitative estimate of drug-likeness (QED) is 0.619. The van der Waals surface area contributed by atoms with Gasteiger partial charge in [0, 0.05) is 12.2 Å². The molecule has 0 unspecified atom stereocenters. The number of hydrogen-bond donors (Lipinski definition) is 2. The third kappa shape index (κ3) is 4.68. The number of hydrogen-bond acceptors (Lipinski definition) is 2. The number of benzene rings is 2. The van der Waals surface area contributed by atoms with E-state index in [0.717, 1.165) is 18.5 Å². The molecule has 0 aromatic heterocycles. The Kier molecular flexibility index (Phi) is 5.48. The Morgan fingerprint density at radius 1 is 1.16 bits per heavy atom. The molecule has 1 aliphatic rings. The van der Waals surface area contributed by atoms with E-state index in [-0.39, 0.29) is 5.75 Å². The molecule has 25 heavy (non-hydrogen) atoms. The number of alkyl halides is 2. The number of halogens is 2. The number of aryl methyl sites for hydroxylation is 2. The van der Waals surface area contributed by atoms with Crippen LogP contribution in [0, 0.1) is 0 Å². The zero-order valence-electron chi connectivity index (χ0n) is 13.8. The van der Waals surface area contributed by atoms with E-state index in [9.17, 15) is 8.78 Å². The Hall–Kier alpha value is -2.63. The zero-order chi connectivity index (χ0) is 17.6. The van der Waals surface area contributed by atoms with Gasteiger partial charge in [0.15, 0.2) is 5.96 Å². The first-order chi connectivity index (χ1) is 12.1. The van der Waals surface area contributed by atoms with Crippen molar-refractivity contribution >= 4 is 11.6 Å². The molecule has 0 radical (unpaired) electrons. The number of para-hydroxylation sites is 1. The second-order valence-corrected chi connectivity index (χ2v) is 5.97. The Morgan fingerprint density at radius 3 is 2.80 bits per heavy atom. The van der Waals surface area contributed by atoms with E-state index < -0.39 is 6.61 Å². The number of rotatable bonds is 6. The summed E-state index contributed by atoms with van der Waals surface area (Å²) in [5, 5.41) is 3.08. The Balaban J connectivity index is 1.57. The first-order valence-electron chi connectivity index (χ1n) is 8.33. The number of guanidine groups is 1. The predicted molar refractivity (Wildman–Crippen MR) is 95.4 cm³/mol. The smallest absolute Gasteiger partial charge is 0.387 e. The van der Waals surface area contributed by atoms with Crippen LogP contribution in [-0.4, -0.2) is 19.1 Å². The van der Waals surface area contributed by atoms with Crippen LogP contribution < -0.4 is 15.8 Å². The number of nitrogens with two attached hydrogens (primary N) is 1. The molecule has 1 aliphatic carbocycles. The number of ether oxygens (including phenoxy) is 1. The van der Waals surface area contributed by atoms with Crippen molar-refractivity contribution < 1.29 is 13.5 Å². The van der Waals surface area contributed by atoms with Crippen LogP contribution in [0.1, 0.15) is 23.1 Å². The summed E-state index contributed by atoms with van der Waals surface area (Å²) in [4.78, 5) is 4.27. The fourth-order valence-corrected chi connectivity index (χ4v) is 3.06. The highest BCUT2D eigenvalue weighted by Gasteiger charge is 2.11. The van der Waals surface area contributed by atoms with Crippen molar-refractivity contribution in [2.75, 3.05) is 11.9 Å². The van der Waals surface area contributed by atoms with E-state index in [1.165, 1.54) is 23.6 Å². The largest absolute Gasteiger partial charge is 0.435 e. The summed E-state index contributed by atoms with van der Waals surface area (Å²) in [6.07, 6.45) is 3.90. The van der Waals surface area contributed by atoms with Crippen molar-refractivity contribution in [1.82, 2.24) is 0 Å². The first kappa shape index (κ1) is 17.2. The molecule has 2 aromatic rings. The minimum atomic E-state index is -2.84. The van der Waals surface area contributed by atoms with Gasteiger partial charge in [-0.2, -0.15) is 8.78 Å². The van der Waals surface area contributed by atoms with Crippen LogP contribution in [0.4, 0.5) is 14.5 Å². The molecule has 0 amide bonds. The highest BCUT2D eigenvalue weighted by molar-refractivity contribution is 5.92. The fourth-order valence-electron chi connectivity index (χ4n) is 3.06.